The average Bonchev–Trinajstić information content (AvgIpc) is 3.08. The smallest absolute Gasteiger partial charge is 0.262 e. The topological polar surface area (TPSA) is 64.0 Å². The summed E-state index contributed by atoms with van der Waals surface area (Å²) in [7, 11) is 0. The van der Waals surface area contributed by atoms with Crippen molar-refractivity contribution in [2.24, 2.45) is 0 Å². The molecule has 1 aromatic carbocycles. The van der Waals surface area contributed by atoms with Crippen molar-refractivity contribution < 1.29 is 4.79 Å². The van der Waals surface area contributed by atoms with Gasteiger partial charge in [-0.15, -0.1) is 11.3 Å². The van der Waals surface area contributed by atoms with Crippen LogP contribution in [0.15, 0.2) is 35.4 Å². The molecule has 0 aliphatic carbocycles. The number of benzene rings is 1. The SMILES string of the molecule is CCc1cc2c(=O)n(CC(=O)Nc3c(C(C)C)cccc3C(C)C)cnc2s1. The van der Waals surface area contributed by atoms with Crippen LogP contribution in [-0.4, -0.2) is 15.5 Å². The van der Waals surface area contributed by atoms with Crippen molar-refractivity contribution in [3.8, 4) is 0 Å². The third kappa shape index (κ3) is 4.02. The van der Waals surface area contributed by atoms with Crippen LogP contribution < -0.4 is 10.9 Å². The lowest BCUT2D eigenvalue weighted by Gasteiger charge is -2.20. The number of thiophene rings is 1. The first-order chi connectivity index (χ1) is 13.3. The standard InChI is InChI=1S/C22H27N3O2S/c1-6-15-10-18-21(28-15)23-12-25(22(18)27)11-19(26)24-20-16(13(2)3)8-7-9-17(20)14(4)5/h7-10,12-14H,6,11H2,1-5H3,(H,24,26). The lowest BCUT2D eigenvalue weighted by atomic mass is 9.92. The summed E-state index contributed by atoms with van der Waals surface area (Å²) in [4.78, 5) is 31.7. The Labute approximate surface area is 169 Å². The van der Waals surface area contributed by atoms with E-state index < -0.39 is 0 Å². The van der Waals surface area contributed by atoms with E-state index in [-0.39, 0.29) is 29.8 Å². The number of anilines is 1. The van der Waals surface area contributed by atoms with Gasteiger partial charge in [0.1, 0.15) is 11.4 Å². The van der Waals surface area contributed by atoms with Gasteiger partial charge in [0, 0.05) is 10.6 Å². The molecule has 0 aliphatic heterocycles. The number of aryl methyl sites for hydroxylation is 1. The molecule has 0 unspecified atom stereocenters. The molecular weight excluding hydrogens is 370 g/mol. The molecule has 0 bridgehead atoms. The Morgan fingerprint density at radius 1 is 1.18 bits per heavy atom. The van der Waals surface area contributed by atoms with Crippen molar-refractivity contribution in [1.82, 2.24) is 9.55 Å². The van der Waals surface area contributed by atoms with Crippen LogP contribution in [0.25, 0.3) is 10.2 Å². The van der Waals surface area contributed by atoms with Gasteiger partial charge in [-0.25, -0.2) is 4.98 Å². The summed E-state index contributed by atoms with van der Waals surface area (Å²) in [6.07, 6.45) is 2.34. The minimum absolute atomic E-state index is 0.0525. The number of amides is 1. The number of fused-ring (bicyclic) bond motifs is 1. The lowest BCUT2D eigenvalue weighted by Crippen LogP contribution is -2.28. The fourth-order valence-corrected chi connectivity index (χ4v) is 4.25. The Kier molecular flexibility index (Phi) is 5.98. The quantitative estimate of drug-likeness (QED) is 0.643. The summed E-state index contributed by atoms with van der Waals surface area (Å²) in [6.45, 7) is 10.4. The Balaban J connectivity index is 1.90. The van der Waals surface area contributed by atoms with Gasteiger partial charge in [-0.2, -0.15) is 0 Å². The molecule has 0 saturated carbocycles. The third-order valence-electron chi connectivity index (χ3n) is 4.87. The maximum atomic E-state index is 12.8. The van der Waals surface area contributed by atoms with E-state index in [2.05, 4.69) is 44.9 Å². The predicted molar refractivity (Wildman–Crippen MR) is 117 cm³/mol. The lowest BCUT2D eigenvalue weighted by molar-refractivity contribution is -0.116. The van der Waals surface area contributed by atoms with E-state index in [1.54, 1.807) is 0 Å². The molecule has 2 heterocycles. The van der Waals surface area contributed by atoms with Gasteiger partial charge in [0.2, 0.25) is 5.91 Å². The van der Waals surface area contributed by atoms with E-state index in [0.29, 0.717) is 5.39 Å². The molecule has 0 aliphatic rings. The van der Waals surface area contributed by atoms with Gasteiger partial charge >= 0.3 is 0 Å². The van der Waals surface area contributed by atoms with Gasteiger partial charge < -0.3 is 5.32 Å². The minimum Gasteiger partial charge on any atom is -0.324 e. The Hall–Kier alpha value is -2.47. The van der Waals surface area contributed by atoms with Crippen LogP contribution in [0.5, 0.6) is 0 Å². The number of carbonyl (C=O) groups is 1. The second kappa shape index (κ2) is 8.27. The van der Waals surface area contributed by atoms with Crippen molar-refractivity contribution in [3.63, 3.8) is 0 Å². The second-order valence-corrected chi connectivity index (χ2v) is 8.75. The summed E-state index contributed by atoms with van der Waals surface area (Å²) in [5, 5.41) is 3.64. The molecule has 0 atom stereocenters. The Morgan fingerprint density at radius 3 is 2.39 bits per heavy atom. The molecule has 0 fully saturated rings. The summed E-state index contributed by atoms with van der Waals surface area (Å²) in [6, 6.07) is 8.01. The minimum atomic E-state index is -0.218. The number of nitrogens with zero attached hydrogens (tertiary/aromatic N) is 2. The Bertz CT molecular complexity index is 1040. The van der Waals surface area contributed by atoms with E-state index in [9.17, 15) is 9.59 Å². The molecule has 1 amide bonds. The zero-order valence-corrected chi connectivity index (χ0v) is 17.9. The van der Waals surface area contributed by atoms with Gasteiger partial charge in [-0.05, 0) is 35.4 Å². The first-order valence-corrected chi connectivity index (χ1v) is 10.5. The van der Waals surface area contributed by atoms with Gasteiger partial charge in [-0.1, -0.05) is 52.8 Å². The molecule has 6 heteroatoms. The number of carbonyl (C=O) groups excluding carboxylic acids is 1. The van der Waals surface area contributed by atoms with Crippen LogP contribution in [0.1, 0.15) is 62.5 Å². The first kappa shape index (κ1) is 20.3. The van der Waals surface area contributed by atoms with Crippen LogP contribution in [-0.2, 0) is 17.8 Å². The van der Waals surface area contributed by atoms with Crippen LogP contribution in [0, 0.1) is 0 Å². The molecule has 0 radical (unpaired) electrons. The van der Waals surface area contributed by atoms with Crippen LogP contribution in [0.2, 0.25) is 0 Å². The molecule has 2 aromatic heterocycles. The second-order valence-electron chi connectivity index (χ2n) is 7.63. The van der Waals surface area contributed by atoms with E-state index in [1.807, 2.05) is 24.3 Å². The molecule has 5 nitrogen and oxygen atoms in total. The summed E-state index contributed by atoms with van der Waals surface area (Å²) < 4.78 is 1.39. The highest BCUT2D eigenvalue weighted by atomic mass is 32.1. The number of hydrogen-bond acceptors (Lipinski definition) is 4. The summed E-state index contributed by atoms with van der Waals surface area (Å²) >= 11 is 1.53. The van der Waals surface area contributed by atoms with Gasteiger partial charge in [-0.3, -0.25) is 14.2 Å². The summed E-state index contributed by atoms with van der Waals surface area (Å²) in [5.74, 6) is 0.352. The highest BCUT2D eigenvalue weighted by molar-refractivity contribution is 7.18. The van der Waals surface area contributed by atoms with E-state index in [4.69, 9.17) is 0 Å². The molecule has 1 N–H and O–H groups in total. The maximum absolute atomic E-state index is 12.8. The Morgan fingerprint density at radius 2 is 1.82 bits per heavy atom. The molecule has 3 rings (SSSR count). The number of hydrogen-bond donors (Lipinski definition) is 1. The van der Waals surface area contributed by atoms with Crippen LogP contribution >= 0.6 is 11.3 Å². The maximum Gasteiger partial charge on any atom is 0.262 e. The summed E-state index contributed by atoms with van der Waals surface area (Å²) in [5.41, 5.74) is 2.90. The zero-order valence-electron chi connectivity index (χ0n) is 17.1. The fraction of sp³-hybridized carbons (Fsp3) is 0.409. The largest absolute Gasteiger partial charge is 0.324 e. The average molecular weight is 398 g/mol. The van der Waals surface area contributed by atoms with Gasteiger partial charge in [0.15, 0.2) is 0 Å². The number of para-hydroxylation sites is 1. The van der Waals surface area contributed by atoms with Gasteiger partial charge in [0.05, 0.1) is 11.7 Å². The highest BCUT2D eigenvalue weighted by Crippen LogP contribution is 2.32. The number of aromatic nitrogens is 2. The van der Waals surface area contributed by atoms with E-state index in [1.165, 1.54) is 22.2 Å². The van der Waals surface area contributed by atoms with Crippen LogP contribution in [0.4, 0.5) is 5.69 Å². The molecule has 148 valence electrons. The molecular formula is C22H27N3O2S. The molecule has 0 saturated heterocycles. The molecule has 28 heavy (non-hydrogen) atoms. The monoisotopic (exact) mass is 397 g/mol. The number of rotatable bonds is 6. The predicted octanol–water partition coefficient (Wildman–Crippen LogP) is 4.91. The van der Waals surface area contributed by atoms with Gasteiger partial charge in [0.25, 0.3) is 5.56 Å². The van der Waals surface area contributed by atoms with E-state index >= 15 is 0 Å². The van der Waals surface area contributed by atoms with Crippen LogP contribution in [0.3, 0.4) is 0 Å². The van der Waals surface area contributed by atoms with E-state index in [0.717, 1.165) is 32.9 Å². The normalized spacial score (nSPS) is 11.5. The number of nitrogens with one attached hydrogen (secondary N) is 1. The fourth-order valence-electron chi connectivity index (χ4n) is 3.33. The molecule has 3 aromatic rings. The third-order valence-corrected chi connectivity index (χ3v) is 6.06. The van der Waals surface area contributed by atoms with Crippen molar-refractivity contribution in [2.45, 2.75) is 59.4 Å². The van der Waals surface area contributed by atoms with Crippen molar-refractivity contribution in [3.05, 3.63) is 57.0 Å². The molecule has 0 spiro atoms. The van der Waals surface area contributed by atoms with Crippen molar-refractivity contribution in [1.29, 1.82) is 0 Å². The van der Waals surface area contributed by atoms with Crippen molar-refractivity contribution in [2.75, 3.05) is 5.32 Å². The first-order valence-electron chi connectivity index (χ1n) is 9.72. The van der Waals surface area contributed by atoms with Crippen molar-refractivity contribution >= 4 is 33.1 Å². The zero-order chi connectivity index (χ0) is 20.4. The highest BCUT2D eigenvalue weighted by Gasteiger charge is 2.17.